The van der Waals surface area contributed by atoms with Crippen LogP contribution in [-0.2, 0) is 0 Å². The van der Waals surface area contributed by atoms with Gasteiger partial charge >= 0.3 is 5.97 Å². The van der Waals surface area contributed by atoms with Crippen LogP contribution in [0, 0.1) is 5.82 Å². The molecule has 6 heteroatoms. The lowest BCUT2D eigenvalue weighted by atomic mass is 10.0. The first-order valence-corrected chi connectivity index (χ1v) is 6.33. The van der Waals surface area contributed by atoms with Gasteiger partial charge in [-0.1, -0.05) is 25.4 Å². The Labute approximate surface area is 120 Å². The van der Waals surface area contributed by atoms with Crippen LogP contribution in [0.15, 0.2) is 24.4 Å². The van der Waals surface area contributed by atoms with E-state index in [0.717, 1.165) is 0 Å². The molecule has 0 saturated heterocycles. The minimum Gasteiger partial charge on any atom is -0.478 e. The predicted octanol–water partition coefficient (Wildman–Crippen LogP) is 3.76. The van der Waals surface area contributed by atoms with Crippen molar-refractivity contribution in [3.05, 3.63) is 46.5 Å². The van der Waals surface area contributed by atoms with Crippen LogP contribution in [0.5, 0.6) is 0 Å². The first-order chi connectivity index (χ1) is 9.40. The van der Waals surface area contributed by atoms with Gasteiger partial charge in [0.05, 0.1) is 16.3 Å². The maximum atomic E-state index is 13.1. The molecule has 1 aromatic carbocycles. The van der Waals surface area contributed by atoms with Crippen molar-refractivity contribution in [2.75, 3.05) is 0 Å². The lowest BCUT2D eigenvalue weighted by molar-refractivity contribution is 0.0694. The summed E-state index contributed by atoms with van der Waals surface area (Å²) in [4.78, 5) is 19.4. The Hall–Kier alpha value is -2.01. The van der Waals surface area contributed by atoms with Gasteiger partial charge in [-0.2, -0.15) is 0 Å². The fraction of sp³-hybridized carbons (Fsp3) is 0.214. The van der Waals surface area contributed by atoms with Crippen LogP contribution >= 0.6 is 11.6 Å². The normalized spacial score (nSPS) is 10.8. The highest BCUT2D eigenvalue weighted by molar-refractivity contribution is 6.31. The van der Waals surface area contributed by atoms with Crippen molar-refractivity contribution in [2.45, 2.75) is 19.8 Å². The van der Waals surface area contributed by atoms with Gasteiger partial charge in [-0.25, -0.2) is 19.2 Å². The number of rotatable bonds is 3. The fourth-order valence-electron chi connectivity index (χ4n) is 1.77. The summed E-state index contributed by atoms with van der Waals surface area (Å²) in [7, 11) is 0. The Morgan fingerprint density at radius 3 is 2.65 bits per heavy atom. The maximum Gasteiger partial charge on any atom is 0.339 e. The van der Waals surface area contributed by atoms with Crippen molar-refractivity contribution in [2.24, 2.45) is 0 Å². The summed E-state index contributed by atoms with van der Waals surface area (Å²) in [6, 6.07) is 4.14. The van der Waals surface area contributed by atoms with E-state index in [9.17, 15) is 9.18 Å². The Balaban J connectivity index is 2.55. The van der Waals surface area contributed by atoms with E-state index in [2.05, 4.69) is 9.97 Å². The summed E-state index contributed by atoms with van der Waals surface area (Å²) < 4.78 is 13.1. The van der Waals surface area contributed by atoms with E-state index in [-0.39, 0.29) is 16.5 Å². The molecule has 104 valence electrons. The molecule has 0 aliphatic heterocycles. The van der Waals surface area contributed by atoms with Gasteiger partial charge < -0.3 is 5.11 Å². The molecule has 0 unspecified atom stereocenters. The molecule has 0 atom stereocenters. The third kappa shape index (κ3) is 2.77. The van der Waals surface area contributed by atoms with Gasteiger partial charge in [0, 0.05) is 11.8 Å². The van der Waals surface area contributed by atoms with Crippen molar-refractivity contribution in [1.29, 1.82) is 0 Å². The number of nitrogens with zero attached hydrogens (tertiary/aromatic N) is 2. The quantitative estimate of drug-likeness (QED) is 0.936. The molecule has 0 saturated carbocycles. The highest BCUT2D eigenvalue weighted by Gasteiger charge is 2.17. The lowest BCUT2D eigenvalue weighted by Crippen LogP contribution is -2.08. The molecular weight excluding hydrogens is 283 g/mol. The number of hydrogen-bond donors (Lipinski definition) is 1. The molecule has 2 aromatic rings. The van der Waals surface area contributed by atoms with Crippen LogP contribution in [0.4, 0.5) is 4.39 Å². The van der Waals surface area contributed by atoms with Crippen LogP contribution < -0.4 is 0 Å². The number of carbonyl (C=O) groups is 1. The first-order valence-electron chi connectivity index (χ1n) is 5.95. The van der Waals surface area contributed by atoms with Gasteiger partial charge in [0.15, 0.2) is 5.82 Å². The molecule has 1 N–H and O–H groups in total. The number of aromatic nitrogens is 2. The molecule has 0 aliphatic rings. The molecular formula is C14H12ClFN2O2. The SMILES string of the molecule is CC(C)c1nc(-c2ccc(F)c(Cl)c2)ncc1C(=O)O. The molecule has 0 fully saturated rings. The van der Waals surface area contributed by atoms with Crippen LogP contribution in [0.25, 0.3) is 11.4 Å². The molecule has 2 rings (SSSR count). The minimum atomic E-state index is -1.07. The highest BCUT2D eigenvalue weighted by atomic mass is 35.5. The number of aromatic carboxylic acids is 1. The molecule has 4 nitrogen and oxygen atoms in total. The Morgan fingerprint density at radius 1 is 1.40 bits per heavy atom. The second-order valence-corrected chi connectivity index (χ2v) is 4.99. The molecule has 0 aliphatic carbocycles. The van der Waals surface area contributed by atoms with Crippen LogP contribution in [0.1, 0.15) is 35.8 Å². The Kier molecular flexibility index (Phi) is 3.99. The van der Waals surface area contributed by atoms with E-state index >= 15 is 0 Å². The van der Waals surface area contributed by atoms with Crippen molar-refractivity contribution in [3.8, 4) is 11.4 Å². The maximum absolute atomic E-state index is 13.1. The summed E-state index contributed by atoms with van der Waals surface area (Å²) in [5.41, 5.74) is 1.04. The smallest absolute Gasteiger partial charge is 0.339 e. The zero-order chi connectivity index (χ0) is 14.9. The zero-order valence-corrected chi connectivity index (χ0v) is 11.6. The van der Waals surface area contributed by atoms with Gasteiger partial charge in [0.1, 0.15) is 5.82 Å². The van der Waals surface area contributed by atoms with Crippen LogP contribution in [-0.4, -0.2) is 21.0 Å². The summed E-state index contributed by atoms with van der Waals surface area (Å²) >= 11 is 5.72. The Bertz CT molecular complexity index is 674. The van der Waals surface area contributed by atoms with Gasteiger partial charge in [-0.05, 0) is 24.1 Å². The Morgan fingerprint density at radius 2 is 2.10 bits per heavy atom. The largest absolute Gasteiger partial charge is 0.478 e. The fourth-order valence-corrected chi connectivity index (χ4v) is 1.95. The van der Waals surface area contributed by atoms with E-state index in [4.69, 9.17) is 16.7 Å². The monoisotopic (exact) mass is 294 g/mol. The zero-order valence-electron chi connectivity index (χ0n) is 10.9. The average molecular weight is 295 g/mol. The van der Waals surface area contributed by atoms with Crippen molar-refractivity contribution < 1.29 is 14.3 Å². The van der Waals surface area contributed by atoms with Gasteiger partial charge in [0.2, 0.25) is 0 Å². The first kappa shape index (κ1) is 14.4. The minimum absolute atomic E-state index is 0.0282. The second kappa shape index (κ2) is 5.54. The van der Waals surface area contributed by atoms with Crippen molar-refractivity contribution in [1.82, 2.24) is 9.97 Å². The molecule has 1 aromatic heterocycles. The van der Waals surface area contributed by atoms with Gasteiger partial charge in [0.25, 0.3) is 0 Å². The van der Waals surface area contributed by atoms with Gasteiger partial charge in [-0.3, -0.25) is 0 Å². The van der Waals surface area contributed by atoms with Gasteiger partial charge in [-0.15, -0.1) is 0 Å². The number of halogens is 2. The summed E-state index contributed by atoms with van der Waals surface area (Å²) in [6.07, 6.45) is 1.26. The topological polar surface area (TPSA) is 63.1 Å². The van der Waals surface area contributed by atoms with Crippen molar-refractivity contribution >= 4 is 17.6 Å². The summed E-state index contributed by atoms with van der Waals surface area (Å²) in [6.45, 7) is 3.69. The summed E-state index contributed by atoms with van der Waals surface area (Å²) in [5, 5.41) is 9.08. The number of carboxylic acids is 1. The van der Waals surface area contributed by atoms with Crippen molar-refractivity contribution in [3.63, 3.8) is 0 Å². The van der Waals surface area contributed by atoms with Crippen LogP contribution in [0.3, 0.4) is 0 Å². The van der Waals surface area contributed by atoms with E-state index < -0.39 is 11.8 Å². The molecule has 0 radical (unpaired) electrons. The summed E-state index contributed by atoms with van der Waals surface area (Å²) in [5.74, 6) is -1.35. The number of carboxylic acid groups (broad SMARTS) is 1. The van der Waals surface area contributed by atoms with E-state index in [1.165, 1.54) is 24.4 Å². The number of hydrogen-bond acceptors (Lipinski definition) is 3. The van der Waals surface area contributed by atoms with E-state index in [0.29, 0.717) is 17.1 Å². The second-order valence-electron chi connectivity index (χ2n) is 4.58. The molecule has 1 heterocycles. The third-order valence-electron chi connectivity index (χ3n) is 2.77. The average Bonchev–Trinajstić information content (AvgIpc) is 2.41. The highest BCUT2D eigenvalue weighted by Crippen LogP contribution is 2.25. The lowest BCUT2D eigenvalue weighted by Gasteiger charge is -2.10. The number of benzene rings is 1. The standard InChI is InChI=1S/C14H12ClFN2O2/c1-7(2)12-9(14(19)20)6-17-13(18-12)8-3-4-11(16)10(15)5-8/h3-7H,1-2H3,(H,19,20). The van der Waals surface area contributed by atoms with E-state index in [1.54, 1.807) is 0 Å². The van der Waals surface area contributed by atoms with Crippen LogP contribution in [0.2, 0.25) is 5.02 Å². The molecule has 0 amide bonds. The third-order valence-corrected chi connectivity index (χ3v) is 3.06. The van der Waals surface area contributed by atoms with E-state index in [1.807, 2.05) is 13.8 Å². The molecule has 0 spiro atoms. The predicted molar refractivity (Wildman–Crippen MR) is 73.5 cm³/mol. The molecule has 0 bridgehead atoms. The molecule has 20 heavy (non-hydrogen) atoms.